The lowest BCUT2D eigenvalue weighted by Crippen LogP contribution is -2.23. The maximum Gasteiger partial charge on any atom is 0.345 e. The Morgan fingerprint density at radius 1 is 1.54 bits per heavy atom. The fourth-order valence-corrected chi connectivity index (χ4v) is 1.12. The van der Waals surface area contributed by atoms with Crippen molar-refractivity contribution in [1.82, 2.24) is 9.97 Å². The number of aromatic nitrogens is 2. The summed E-state index contributed by atoms with van der Waals surface area (Å²) in [4.78, 5) is 17.4. The Kier molecular flexibility index (Phi) is 2.83. The van der Waals surface area contributed by atoms with Crippen LogP contribution < -0.4 is 11.4 Å². The molecule has 0 bridgehead atoms. The summed E-state index contributed by atoms with van der Waals surface area (Å²) < 4.78 is 0. The van der Waals surface area contributed by atoms with Crippen LogP contribution in [0.1, 0.15) is 31.3 Å². The van der Waals surface area contributed by atoms with E-state index in [1.807, 2.05) is 26.8 Å². The molecule has 0 aliphatic carbocycles. The Hall–Kier alpha value is -1.16. The molecule has 0 aromatic carbocycles. The zero-order valence-electron chi connectivity index (χ0n) is 8.16. The maximum absolute atomic E-state index is 11.0. The number of nitrogens with two attached hydrogens (primary N) is 1. The molecule has 1 heterocycles. The zero-order valence-corrected chi connectivity index (χ0v) is 8.16. The van der Waals surface area contributed by atoms with E-state index in [0.717, 1.165) is 5.69 Å². The number of hydrogen-bond donors (Lipinski definition) is 2. The molecule has 0 radical (unpaired) electrons. The molecule has 3 N–H and O–H groups in total. The van der Waals surface area contributed by atoms with E-state index in [1.54, 1.807) is 0 Å². The van der Waals surface area contributed by atoms with Gasteiger partial charge in [0.25, 0.3) is 0 Å². The van der Waals surface area contributed by atoms with Gasteiger partial charge in [-0.3, -0.25) is 0 Å². The molecular formula is C9H15N3O. The van der Waals surface area contributed by atoms with Gasteiger partial charge in [-0.15, -0.1) is 0 Å². The molecule has 1 atom stereocenters. The van der Waals surface area contributed by atoms with Crippen molar-refractivity contribution in [1.29, 1.82) is 0 Å². The van der Waals surface area contributed by atoms with Crippen molar-refractivity contribution in [2.45, 2.75) is 26.8 Å². The van der Waals surface area contributed by atoms with Gasteiger partial charge >= 0.3 is 5.69 Å². The first-order valence-corrected chi connectivity index (χ1v) is 4.34. The van der Waals surface area contributed by atoms with Crippen LogP contribution in [0.15, 0.2) is 10.9 Å². The molecule has 0 spiro atoms. The van der Waals surface area contributed by atoms with Gasteiger partial charge in [0.2, 0.25) is 0 Å². The topological polar surface area (TPSA) is 71.8 Å². The number of nitrogens with zero attached hydrogens (tertiary/aromatic N) is 1. The Morgan fingerprint density at radius 2 is 2.15 bits per heavy atom. The fourth-order valence-electron chi connectivity index (χ4n) is 1.12. The molecule has 13 heavy (non-hydrogen) atoms. The normalized spacial score (nSPS) is 13.3. The standard InChI is InChI=1S/C9H15N3O/c1-5(2)8(10)7-4-6(3)11-9(13)12-7/h4-5,8H,10H2,1-3H3,(H,11,12,13). The molecule has 1 aromatic rings. The van der Waals surface area contributed by atoms with Crippen LogP contribution in [0, 0.1) is 12.8 Å². The molecule has 4 heteroatoms. The lowest BCUT2D eigenvalue weighted by atomic mass is 10.0. The van der Waals surface area contributed by atoms with E-state index >= 15 is 0 Å². The molecule has 1 aromatic heterocycles. The first kappa shape index (κ1) is 9.92. The summed E-state index contributed by atoms with van der Waals surface area (Å²) in [6, 6.07) is 1.65. The summed E-state index contributed by atoms with van der Waals surface area (Å²) in [5.74, 6) is 0.286. The number of aromatic amines is 1. The smallest absolute Gasteiger partial charge is 0.322 e. The van der Waals surface area contributed by atoms with Gasteiger partial charge in [-0.2, -0.15) is 4.98 Å². The van der Waals surface area contributed by atoms with Crippen molar-refractivity contribution in [3.8, 4) is 0 Å². The number of hydrogen-bond acceptors (Lipinski definition) is 3. The molecule has 4 nitrogen and oxygen atoms in total. The minimum Gasteiger partial charge on any atom is -0.322 e. The van der Waals surface area contributed by atoms with Crippen LogP contribution in [0.5, 0.6) is 0 Å². The van der Waals surface area contributed by atoms with Crippen LogP contribution in [0.3, 0.4) is 0 Å². The zero-order chi connectivity index (χ0) is 10.0. The Balaban J connectivity index is 3.08. The first-order valence-electron chi connectivity index (χ1n) is 4.34. The highest BCUT2D eigenvalue weighted by molar-refractivity contribution is 5.10. The highest BCUT2D eigenvalue weighted by Gasteiger charge is 2.12. The van der Waals surface area contributed by atoms with Crippen LogP contribution >= 0.6 is 0 Å². The van der Waals surface area contributed by atoms with E-state index in [-0.39, 0.29) is 17.6 Å². The Bertz CT molecular complexity index is 343. The van der Waals surface area contributed by atoms with Crippen LogP contribution in [0.2, 0.25) is 0 Å². The summed E-state index contributed by atoms with van der Waals surface area (Å²) in [6.45, 7) is 5.82. The third-order valence-corrected chi connectivity index (χ3v) is 1.96. The summed E-state index contributed by atoms with van der Waals surface area (Å²) >= 11 is 0. The third kappa shape index (κ3) is 2.39. The minimum atomic E-state index is -0.328. The van der Waals surface area contributed by atoms with Gasteiger partial charge in [0, 0.05) is 11.7 Å². The third-order valence-electron chi connectivity index (χ3n) is 1.96. The maximum atomic E-state index is 11.0. The summed E-state index contributed by atoms with van der Waals surface area (Å²) in [7, 11) is 0. The van der Waals surface area contributed by atoms with E-state index in [0.29, 0.717) is 5.69 Å². The fraction of sp³-hybridized carbons (Fsp3) is 0.556. The lowest BCUT2D eigenvalue weighted by molar-refractivity contribution is 0.500. The second-order valence-corrected chi connectivity index (χ2v) is 3.56. The number of aryl methyl sites for hydroxylation is 1. The van der Waals surface area contributed by atoms with Gasteiger partial charge < -0.3 is 10.7 Å². The highest BCUT2D eigenvalue weighted by Crippen LogP contribution is 2.15. The van der Waals surface area contributed by atoms with Crippen molar-refractivity contribution in [2.24, 2.45) is 11.7 Å². The second-order valence-electron chi connectivity index (χ2n) is 3.56. The first-order chi connectivity index (χ1) is 6.00. The van der Waals surface area contributed by atoms with Gasteiger partial charge in [-0.1, -0.05) is 13.8 Å². The molecule has 0 saturated heterocycles. The SMILES string of the molecule is Cc1cc(C(N)C(C)C)nc(=O)[nH]1. The van der Waals surface area contributed by atoms with E-state index < -0.39 is 0 Å². The van der Waals surface area contributed by atoms with Crippen molar-refractivity contribution in [2.75, 3.05) is 0 Å². The molecule has 0 aliphatic rings. The van der Waals surface area contributed by atoms with E-state index in [9.17, 15) is 4.79 Å². The van der Waals surface area contributed by atoms with Crippen LogP contribution in [-0.2, 0) is 0 Å². The van der Waals surface area contributed by atoms with Crippen molar-refractivity contribution in [3.63, 3.8) is 0 Å². The van der Waals surface area contributed by atoms with Crippen molar-refractivity contribution >= 4 is 0 Å². The lowest BCUT2D eigenvalue weighted by Gasteiger charge is -2.14. The van der Waals surface area contributed by atoms with Crippen molar-refractivity contribution in [3.05, 3.63) is 27.9 Å². The van der Waals surface area contributed by atoms with Crippen LogP contribution in [0.25, 0.3) is 0 Å². The number of H-pyrrole nitrogens is 1. The Morgan fingerprint density at radius 3 is 2.62 bits per heavy atom. The predicted octanol–water partition coefficient (Wildman–Crippen LogP) is 0.734. The molecule has 0 amide bonds. The Labute approximate surface area is 77.2 Å². The monoisotopic (exact) mass is 181 g/mol. The van der Waals surface area contributed by atoms with E-state index in [4.69, 9.17) is 5.73 Å². The molecule has 0 aliphatic heterocycles. The molecule has 1 rings (SSSR count). The van der Waals surface area contributed by atoms with E-state index in [1.165, 1.54) is 0 Å². The minimum absolute atomic E-state index is 0.166. The molecular weight excluding hydrogens is 166 g/mol. The number of rotatable bonds is 2. The van der Waals surface area contributed by atoms with Gasteiger partial charge in [-0.25, -0.2) is 4.79 Å². The summed E-state index contributed by atoms with van der Waals surface area (Å²) in [5, 5.41) is 0. The van der Waals surface area contributed by atoms with Gasteiger partial charge in [0.1, 0.15) is 0 Å². The molecule has 0 saturated carbocycles. The average Bonchev–Trinajstić information content (AvgIpc) is 2.01. The molecule has 0 fully saturated rings. The summed E-state index contributed by atoms with van der Waals surface area (Å²) in [6.07, 6.45) is 0. The number of nitrogens with one attached hydrogen (secondary N) is 1. The summed E-state index contributed by atoms with van der Waals surface area (Å²) in [5.41, 5.74) is 6.99. The second kappa shape index (κ2) is 3.70. The molecule has 1 unspecified atom stereocenters. The largest absolute Gasteiger partial charge is 0.345 e. The van der Waals surface area contributed by atoms with Crippen LogP contribution in [-0.4, -0.2) is 9.97 Å². The van der Waals surface area contributed by atoms with Gasteiger partial charge in [0.15, 0.2) is 0 Å². The molecule has 72 valence electrons. The van der Waals surface area contributed by atoms with E-state index in [2.05, 4.69) is 9.97 Å². The van der Waals surface area contributed by atoms with Crippen LogP contribution in [0.4, 0.5) is 0 Å². The van der Waals surface area contributed by atoms with Crippen molar-refractivity contribution < 1.29 is 0 Å². The predicted molar refractivity (Wildman–Crippen MR) is 51.4 cm³/mol. The quantitative estimate of drug-likeness (QED) is 0.706. The average molecular weight is 181 g/mol. The van der Waals surface area contributed by atoms with Gasteiger partial charge in [-0.05, 0) is 18.9 Å². The highest BCUT2D eigenvalue weighted by atomic mass is 16.1. The van der Waals surface area contributed by atoms with Gasteiger partial charge in [0.05, 0.1) is 5.69 Å².